The highest BCUT2D eigenvalue weighted by Gasteiger charge is 1.98. The SMILES string of the molecule is N#Cc1cccc(COc2ccc(CN)nc2)c1. The molecule has 0 aliphatic carbocycles. The first-order chi connectivity index (χ1) is 8.81. The largest absolute Gasteiger partial charge is 0.487 e. The fraction of sp³-hybridized carbons (Fsp3) is 0.143. The van der Waals surface area contributed by atoms with E-state index in [1.54, 1.807) is 12.3 Å². The first kappa shape index (κ1) is 12.1. The summed E-state index contributed by atoms with van der Waals surface area (Å²) < 4.78 is 5.58. The predicted molar refractivity (Wildman–Crippen MR) is 67.6 cm³/mol. The molecule has 0 fully saturated rings. The fourth-order valence-corrected chi connectivity index (χ4v) is 1.51. The molecule has 2 aromatic rings. The Bertz CT molecular complexity index is 558. The molecule has 0 radical (unpaired) electrons. The number of ether oxygens (including phenoxy) is 1. The van der Waals surface area contributed by atoms with Gasteiger partial charge in [-0.3, -0.25) is 4.98 Å². The van der Waals surface area contributed by atoms with Crippen LogP contribution in [0.25, 0.3) is 0 Å². The van der Waals surface area contributed by atoms with Crippen molar-refractivity contribution in [1.29, 1.82) is 5.26 Å². The van der Waals surface area contributed by atoms with Gasteiger partial charge in [0.05, 0.1) is 23.5 Å². The Morgan fingerprint density at radius 3 is 2.83 bits per heavy atom. The molecule has 1 heterocycles. The van der Waals surface area contributed by atoms with Crippen molar-refractivity contribution in [3.05, 3.63) is 59.4 Å². The number of hydrogen-bond acceptors (Lipinski definition) is 4. The highest BCUT2D eigenvalue weighted by Crippen LogP contribution is 2.12. The van der Waals surface area contributed by atoms with Crippen molar-refractivity contribution >= 4 is 0 Å². The molecule has 2 rings (SSSR count). The molecule has 0 atom stereocenters. The van der Waals surface area contributed by atoms with Crippen molar-refractivity contribution in [1.82, 2.24) is 4.98 Å². The van der Waals surface area contributed by atoms with Crippen LogP contribution in [0.15, 0.2) is 42.6 Å². The van der Waals surface area contributed by atoms with E-state index in [4.69, 9.17) is 15.7 Å². The normalized spacial score (nSPS) is 9.78. The molecule has 0 bridgehead atoms. The van der Waals surface area contributed by atoms with Gasteiger partial charge in [0.2, 0.25) is 0 Å². The third-order valence-electron chi connectivity index (χ3n) is 2.47. The number of nitrogens with zero attached hydrogens (tertiary/aromatic N) is 2. The number of benzene rings is 1. The minimum Gasteiger partial charge on any atom is -0.487 e. The topological polar surface area (TPSA) is 71.9 Å². The molecule has 1 aromatic carbocycles. The number of rotatable bonds is 4. The minimum absolute atomic E-state index is 0.416. The minimum atomic E-state index is 0.416. The van der Waals surface area contributed by atoms with Crippen molar-refractivity contribution in [2.75, 3.05) is 0 Å². The Hall–Kier alpha value is -2.38. The molecule has 0 amide bonds. The van der Waals surface area contributed by atoms with Crippen LogP contribution in [-0.4, -0.2) is 4.98 Å². The van der Waals surface area contributed by atoms with Crippen molar-refractivity contribution in [3.8, 4) is 11.8 Å². The van der Waals surface area contributed by atoms with Gasteiger partial charge in [-0.1, -0.05) is 12.1 Å². The van der Waals surface area contributed by atoms with Crippen LogP contribution in [0.3, 0.4) is 0 Å². The number of hydrogen-bond donors (Lipinski definition) is 1. The number of nitriles is 1. The quantitative estimate of drug-likeness (QED) is 0.885. The van der Waals surface area contributed by atoms with Gasteiger partial charge < -0.3 is 10.5 Å². The standard InChI is InChI=1S/C14H13N3O/c15-7-11-2-1-3-12(6-11)10-18-14-5-4-13(8-16)17-9-14/h1-6,9H,8,10,16H2. The Labute approximate surface area is 106 Å². The molecule has 0 saturated carbocycles. The van der Waals surface area contributed by atoms with Crippen LogP contribution in [0, 0.1) is 11.3 Å². The van der Waals surface area contributed by atoms with E-state index >= 15 is 0 Å². The number of pyridine rings is 1. The summed E-state index contributed by atoms with van der Waals surface area (Å²) in [5.41, 5.74) is 7.88. The zero-order valence-electron chi connectivity index (χ0n) is 9.84. The van der Waals surface area contributed by atoms with Gasteiger partial charge in [-0.2, -0.15) is 5.26 Å². The first-order valence-corrected chi connectivity index (χ1v) is 5.58. The van der Waals surface area contributed by atoms with E-state index in [1.807, 2.05) is 30.3 Å². The third kappa shape index (κ3) is 3.06. The van der Waals surface area contributed by atoms with Crippen LogP contribution in [0.5, 0.6) is 5.75 Å². The smallest absolute Gasteiger partial charge is 0.138 e. The van der Waals surface area contributed by atoms with Gasteiger partial charge in [-0.05, 0) is 29.8 Å². The summed E-state index contributed by atoms with van der Waals surface area (Å²) in [6.45, 7) is 0.837. The molecule has 0 unspecified atom stereocenters. The molecule has 4 heteroatoms. The maximum atomic E-state index is 8.79. The second-order valence-electron chi connectivity index (χ2n) is 3.79. The number of nitrogens with two attached hydrogens (primary N) is 1. The van der Waals surface area contributed by atoms with Gasteiger partial charge in [-0.25, -0.2) is 0 Å². The van der Waals surface area contributed by atoms with E-state index in [1.165, 1.54) is 0 Å². The van der Waals surface area contributed by atoms with Gasteiger partial charge in [0.15, 0.2) is 0 Å². The Morgan fingerprint density at radius 2 is 2.17 bits per heavy atom. The zero-order chi connectivity index (χ0) is 12.8. The Kier molecular flexibility index (Phi) is 3.90. The first-order valence-electron chi connectivity index (χ1n) is 5.58. The summed E-state index contributed by atoms with van der Waals surface area (Å²) in [6.07, 6.45) is 1.65. The Balaban J connectivity index is 2.00. The van der Waals surface area contributed by atoms with Crippen LogP contribution >= 0.6 is 0 Å². The third-order valence-corrected chi connectivity index (χ3v) is 2.47. The van der Waals surface area contributed by atoms with Crippen molar-refractivity contribution < 1.29 is 4.74 Å². The van der Waals surface area contributed by atoms with Crippen LogP contribution in [-0.2, 0) is 13.2 Å². The summed E-state index contributed by atoms with van der Waals surface area (Å²) in [6, 6.07) is 13.1. The van der Waals surface area contributed by atoms with E-state index < -0.39 is 0 Å². The van der Waals surface area contributed by atoms with Gasteiger partial charge in [0.25, 0.3) is 0 Å². The lowest BCUT2D eigenvalue weighted by molar-refractivity contribution is 0.305. The second kappa shape index (κ2) is 5.80. The van der Waals surface area contributed by atoms with Crippen molar-refractivity contribution in [3.63, 3.8) is 0 Å². The molecule has 1 aromatic heterocycles. The van der Waals surface area contributed by atoms with Crippen LogP contribution in [0.1, 0.15) is 16.8 Å². The van der Waals surface area contributed by atoms with Gasteiger partial charge >= 0.3 is 0 Å². The summed E-state index contributed by atoms with van der Waals surface area (Å²) in [5, 5.41) is 8.79. The van der Waals surface area contributed by atoms with Crippen molar-refractivity contribution in [2.24, 2.45) is 5.73 Å². The van der Waals surface area contributed by atoms with Crippen LogP contribution in [0.4, 0.5) is 0 Å². The molecule has 18 heavy (non-hydrogen) atoms. The maximum Gasteiger partial charge on any atom is 0.138 e. The van der Waals surface area contributed by atoms with Gasteiger partial charge in [-0.15, -0.1) is 0 Å². The molecule has 0 spiro atoms. The molecule has 4 nitrogen and oxygen atoms in total. The highest BCUT2D eigenvalue weighted by molar-refractivity contribution is 5.32. The summed E-state index contributed by atoms with van der Waals surface area (Å²) in [4.78, 5) is 4.14. The van der Waals surface area contributed by atoms with E-state index in [2.05, 4.69) is 11.1 Å². The maximum absolute atomic E-state index is 8.79. The fourth-order valence-electron chi connectivity index (χ4n) is 1.51. The molecule has 90 valence electrons. The summed E-state index contributed by atoms with van der Waals surface area (Å²) in [5.74, 6) is 0.689. The van der Waals surface area contributed by atoms with E-state index in [-0.39, 0.29) is 0 Å². The highest BCUT2D eigenvalue weighted by atomic mass is 16.5. The lowest BCUT2D eigenvalue weighted by Gasteiger charge is -2.06. The molecule has 0 aliphatic rings. The lowest BCUT2D eigenvalue weighted by Crippen LogP contribution is -2.00. The Morgan fingerprint density at radius 1 is 1.28 bits per heavy atom. The zero-order valence-corrected chi connectivity index (χ0v) is 9.84. The van der Waals surface area contributed by atoms with Crippen LogP contribution in [0.2, 0.25) is 0 Å². The summed E-state index contributed by atoms with van der Waals surface area (Å²) >= 11 is 0. The van der Waals surface area contributed by atoms with Crippen molar-refractivity contribution in [2.45, 2.75) is 13.2 Å². The predicted octanol–water partition coefficient (Wildman–Crippen LogP) is 1.99. The van der Waals surface area contributed by atoms with E-state index in [0.29, 0.717) is 24.5 Å². The average Bonchev–Trinajstić information content (AvgIpc) is 2.46. The van der Waals surface area contributed by atoms with Crippen LogP contribution < -0.4 is 10.5 Å². The lowest BCUT2D eigenvalue weighted by atomic mass is 10.1. The van der Waals surface area contributed by atoms with E-state index in [0.717, 1.165) is 11.3 Å². The summed E-state index contributed by atoms with van der Waals surface area (Å²) in [7, 11) is 0. The molecule has 0 aliphatic heterocycles. The van der Waals surface area contributed by atoms with Gasteiger partial charge in [0, 0.05) is 6.54 Å². The molecule has 2 N–H and O–H groups in total. The molecular weight excluding hydrogens is 226 g/mol. The number of aromatic nitrogens is 1. The monoisotopic (exact) mass is 239 g/mol. The van der Waals surface area contributed by atoms with E-state index in [9.17, 15) is 0 Å². The molecule has 0 saturated heterocycles. The second-order valence-corrected chi connectivity index (χ2v) is 3.79. The van der Waals surface area contributed by atoms with Gasteiger partial charge in [0.1, 0.15) is 12.4 Å². The molecular formula is C14H13N3O. The average molecular weight is 239 g/mol.